The molecule has 4 heavy (non-hydrogen) atoms. The molecule has 0 spiro atoms. The molecule has 0 aliphatic carbocycles. The average molecular weight is 333 g/mol. The van der Waals surface area contributed by atoms with Gasteiger partial charge in [-0.2, -0.15) is 0 Å². The summed E-state index contributed by atoms with van der Waals surface area (Å²) in [6.07, 6.45) is 0. The van der Waals surface area contributed by atoms with E-state index in [2.05, 4.69) is 0 Å². The largest absolute Gasteiger partial charge is 2.00 e. The Morgan fingerprint density at radius 2 is 0.750 bits per heavy atom. The van der Waals surface area contributed by atoms with Gasteiger partial charge in [0.25, 0.3) is 0 Å². The van der Waals surface area contributed by atoms with Gasteiger partial charge in [-0.15, -0.1) is 0 Å². The van der Waals surface area contributed by atoms with E-state index in [1.807, 2.05) is 0 Å². The maximum Gasteiger partial charge on any atom is 2.00 e. The van der Waals surface area contributed by atoms with Gasteiger partial charge in [-0.3, -0.25) is 0 Å². The van der Waals surface area contributed by atoms with Crippen molar-refractivity contribution in [3.8, 4) is 0 Å². The van der Waals surface area contributed by atoms with E-state index >= 15 is 0 Å². The van der Waals surface area contributed by atoms with E-state index in [4.69, 9.17) is 0 Å². The van der Waals surface area contributed by atoms with Crippen molar-refractivity contribution >= 4 is 37.7 Å². The van der Waals surface area contributed by atoms with Crippen LogP contribution >= 0.6 is 0 Å². The molecule has 0 radical (unpaired) electrons. The molecular formula is CaI2K+. The molecule has 0 nitrogen and oxygen atoms in total. The summed E-state index contributed by atoms with van der Waals surface area (Å²) in [4.78, 5) is 0. The van der Waals surface area contributed by atoms with E-state index < -0.39 is 0 Å². The first-order valence-electron chi connectivity index (χ1n) is 0. The van der Waals surface area contributed by atoms with Crippen LogP contribution in [0.3, 0.4) is 0 Å². The summed E-state index contributed by atoms with van der Waals surface area (Å²) in [6.45, 7) is 0. The van der Waals surface area contributed by atoms with Gasteiger partial charge in [0.05, 0.1) is 0 Å². The Hall–Kier alpha value is 4.36. The van der Waals surface area contributed by atoms with Gasteiger partial charge in [0.2, 0.25) is 0 Å². The van der Waals surface area contributed by atoms with E-state index in [1.54, 1.807) is 0 Å². The molecule has 0 aromatic rings. The van der Waals surface area contributed by atoms with Crippen LogP contribution in [0.15, 0.2) is 0 Å². The van der Waals surface area contributed by atoms with Crippen LogP contribution in [-0.4, -0.2) is 37.7 Å². The maximum atomic E-state index is 0. The monoisotopic (exact) mass is 333 g/mol. The quantitative estimate of drug-likeness (QED) is 0.305. The molecule has 0 fully saturated rings. The molecule has 0 saturated heterocycles. The summed E-state index contributed by atoms with van der Waals surface area (Å²) in [6, 6.07) is 0. The van der Waals surface area contributed by atoms with Gasteiger partial charge in [0.15, 0.2) is 0 Å². The van der Waals surface area contributed by atoms with Crippen molar-refractivity contribution < 1.29 is 99.3 Å². The third-order valence-electron chi connectivity index (χ3n) is 0. The summed E-state index contributed by atoms with van der Waals surface area (Å²) in [7, 11) is 0. The van der Waals surface area contributed by atoms with E-state index in [1.165, 1.54) is 0 Å². The summed E-state index contributed by atoms with van der Waals surface area (Å²) < 4.78 is 0. The topological polar surface area (TPSA) is 0 Å². The fraction of sp³-hybridized carbons (Fsp3) is 0. The Morgan fingerprint density at radius 3 is 0.750 bits per heavy atom. The molecule has 0 amide bonds. The van der Waals surface area contributed by atoms with Crippen LogP contribution in [0.4, 0.5) is 0 Å². The second-order valence-electron chi connectivity index (χ2n) is 0. The van der Waals surface area contributed by atoms with E-state index in [9.17, 15) is 0 Å². The minimum Gasteiger partial charge on any atom is -1.00 e. The summed E-state index contributed by atoms with van der Waals surface area (Å²) in [5.41, 5.74) is 0. The third-order valence-corrected chi connectivity index (χ3v) is 0. The van der Waals surface area contributed by atoms with E-state index in [0.29, 0.717) is 0 Å². The third kappa shape index (κ3) is 9.61. The summed E-state index contributed by atoms with van der Waals surface area (Å²) in [5, 5.41) is 0. The van der Waals surface area contributed by atoms with E-state index in [-0.39, 0.29) is 137 Å². The molecule has 0 saturated carbocycles. The molecule has 0 unspecified atom stereocenters. The Morgan fingerprint density at radius 1 is 0.750 bits per heavy atom. The summed E-state index contributed by atoms with van der Waals surface area (Å²) in [5.74, 6) is 0. The second-order valence-corrected chi connectivity index (χ2v) is 0. The predicted octanol–water partition coefficient (Wildman–Crippen LogP) is -9.37. The molecule has 0 bridgehead atoms. The minimum atomic E-state index is 0. The zero-order chi connectivity index (χ0) is 0. The van der Waals surface area contributed by atoms with Gasteiger partial charge in [0, 0.05) is 0 Å². The van der Waals surface area contributed by atoms with Crippen molar-refractivity contribution in [1.82, 2.24) is 0 Å². The first kappa shape index (κ1) is 23.8. The molecule has 0 aliphatic heterocycles. The van der Waals surface area contributed by atoms with Crippen molar-refractivity contribution in [3.63, 3.8) is 0 Å². The first-order valence-corrected chi connectivity index (χ1v) is 0. The van der Waals surface area contributed by atoms with Crippen LogP contribution < -0.4 is 99.3 Å². The molecule has 0 aliphatic rings. The maximum absolute atomic E-state index is 0. The van der Waals surface area contributed by atoms with Crippen LogP contribution in [0.5, 0.6) is 0 Å². The van der Waals surface area contributed by atoms with Crippen LogP contribution in [0, 0.1) is 0 Å². The summed E-state index contributed by atoms with van der Waals surface area (Å²) >= 11 is 0. The van der Waals surface area contributed by atoms with Crippen molar-refractivity contribution in [3.05, 3.63) is 0 Å². The zero-order valence-electron chi connectivity index (χ0n) is 2.46. The van der Waals surface area contributed by atoms with Gasteiger partial charge >= 0.3 is 89.1 Å². The van der Waals surface area contributed by atoms with Gasteiger partial charge < -0.3 is 48.0 Å². The standard InChI is InChI=1S/Ca.2HI.K/h;2*1H;/q+2;;;+1/p-2. The molecule has 0 rings (SSSR count). The Balaban J connectivity index is 0. The van der Waals surface area contributed by atoms with Gasteiger partial charge in [-0.05, 0) is 0 Å². The Kier molecular flexibility index (Phi) is 93.3. The smallest absolute Gasteiger partial charge is 1.00 e. The van der Waals surface area contributed by atoms with E-state index in [0.717, 1.165) is 0 Å². The fourth-order valence-corrected chi connectivity index (χ4v) is 0. The SMILES string of the molecule is [Ca+2].[I-].[I-].[K+]. The van der Waals surface area contributed by atoms with Crippen LogP contribution in [0.2, 0.25) is 0 Å². The van der Waals surface area contributed by atoms with Gasteiger partial charge in [-0.25, -0.2) is 0 Å². The molecular weight excluding hydrogens is 333 g/mol. The molecule has 0 aromatic carbocycles. The zero-order valence-corrected chi connectivity index (χ0v) is 12.1. The molecule has 4 heteroatoms. The van der Waals surface area contributed by atoms with Gasteiger partial charge in [0.1, 0.15) is 0 Å². The number of halogens is 2. The second kappa shape index (κ2) is 15.7. The minimum absolute atomic E-state index is 0. The fourth-order valence-electron chi connectivity index (χ4n) is 0. The van der Waals surface area contributed by atoms with Crippen molar-refractivity contribution in [2.75, 3.05) is 0 Å². The van der Waals surface area contributed by atoms with Crippen LogP contribution in [-0.2, 0) is 0 Å². The molecule has 0 heterocycles. The molecule has 0 N–H and O–H groups in total. The normalized spacial score (nSPS) is 0. The number of hydrogen-bond donors (Lipinski definition) is 0. The first-order chi connectivity index (χ1) is 0. The van der Waals surface area contributed by atoms with Crippen molar-refractivity contribution in [1.29, 1.82) is 0 Å². The average Bonchev–Trinajstić information content (AvgIpc) is 0. The number of hydrogen-bond acceptors (Lipinski definition) is 0. The molecule has 0 aromatic heterocycles. The van der Waals surface area contributed by atoms with Crippen molar-refractivity contribution in [2.24, 2.45) is 0 Å². The molecule has 16 valence electrons. The van der Waals surface area contributed by atoms with Crippen LogP contribution in [0.1, 0.15) is 0 Å². The Labute approximate surface area is 133 Å². The van der Waals surface area contributed by atoms with Crippen LogP contribution in [0.25, 0.3) is 0 Å². The molecule has 0 atom stereocenters. The van der Waals surface area contributed by atoms with Crippen molar-refractivity contribution in [2.45, 2.75) is 0 Å². The number of rotatable bonds is 0. The van der Waals surface area contributed by atoms with Gasteiger partial charge in [-0.1, -0.05) is 0 Å². The Bertz CT molecular complexity index is 6.00. The predicted molar refractivity (Wildman–Crippen MR) is 5.75 cm³/mol.